The maximum absolute atomic E-state index is 11.9. The number of rotatable bonds is 4. The van der Waals surface area contributed by atoms with Crippen molar-refractivity contribution in [3.63, 3.8) is 0 Å². The Hall–Kier alpha value is -2.71. The molecular weight excluding hydrogens is 414 g/mol. The van der Waals surface area contributed by atoms with Gasteiger partial charge in [-0.05, 0) is 45.8 Å². The second-order valence-electron chi connectivity index (χ2n) is 4.72. The van der Waals surface area contributed by atoms with Gasteiger partial charge in [-0.25, -0.2) is 0 Å². The quantitative estimate of drug-likeness (QED) is 0.446. The van der Waals surface area contributed by atoms with Crippen LogP contribution in [0.2, 0.25) is 5.02 Å². The fourth-order valence-corrected chi connectivity index (χ4v) is 2.47. The van der Waals surface area contributed by atoms with E-state index in [2.05, 4.69) is 26.8 Å². The molecule has 2 N–H and O–H groups in total. The summed E-state index contributed by atoms with van der Waals surface area (Å²) in [7, 11) is 0. The standard InChI is InChI=1S/C16H11BrClN3O4/c17-12-4-2-1-3-11(12)16(23)20-19-15(22)8-6-10-5-7-13(18)14(9-10)21(24)25/h1-9H,(H,19,22)(H,20,23)/b8-6+. The number of nitrogens with zero attached hydrogens (tertiary/aromatic N) is 1. The Labute approximate surface area is 155 Å². The fourth-order valence-electron chi connectivity index (χ4n) is 1.82. The number of nitro benzene ring substituents is 1. The predicted octanol–water partition coefficient (Wildman–Crippen LogP) is 3.49. The Kier molecular flexibility index (Phi) is 6.26. The molecule has 0 bridgehead atoms. The Balaban J connectivity index is 1.97. The number of carbonyl (C=O) groups is 2. The molecule has 0 heterocycles. The van der Waals surface area contributed by atoms with Crippen LogP contribution in [0.15, 0.2) is 53.0 Å². The SMILES string of the molecule is O=C(/C=C/c1ccc(Cl)c([N+](=O)[O-])c1)NNC(=O)c1ccccc1Br. The number of nitro groups is 1. The van der Waals surface area contributed by atoms with Crippen molar-refractivity contribution in [2.45, 2.75) is 0 Å². The highest BCUT2D eigenvalue weighted by Gasteiger charge is 2.12. The fraction of sp³-hybridized carbons (Fsp3) is 0. The summed E-state index contributed by atoms with van der Waals surface area (Å²) in [6, 6.07) is 10.9. The minimum atomic E-state index is -0.613. The molecule has 2 aromatic rings. The summed E-state index contributed by atoms with van der Waals surface area (Å²) in [6.45, 7) is 0. The minimum Gasteiger partial charge on any atom is -0.268 e. The molecule has 2 rings (SSSR count). The topological polar surface area (TPSA) is 101 Å². The van der Waals surface area contributed by atoms with Gasteiger partial charge in [-0.15, -0.1) is 0 Å². The Morgan fingerprint density at radius 2 is 1.88 bits per heavy atom. The molecule has 25 heavy (non-hydrogen) atoms. The summed E-state index contributed by atoms with van der Waals surface area (Å²) < 4.78 is 0.589. The first-order chi connectivity index (χ1) is 11.9. The van der Waals surface area contributed by atoms with Crippen molar-refractivity contribution in [1.29, 1.82) is 0 Å². The second-order valence-corrected chi connectivity index (χ2v) is 5.99. The molecule has 0 aliphatic carbocycles. The van der Waals surface area contributed by atoms with Gasteiger partial charge in [0.25, 0.3) is 17.5 Å². The van der Waals surface area contributed by atoms with Crippen LogP contribution in [0.1, 0.15) is 15.9 Å². The molecule has 0 aliphatic rings. The average Bonchev–Trinajstić information content (AvgIpc) is 2.59. The third-order valence-corrected chi connectivity index (χ3v) is 4.02. The summed E-state index contributed by atoms with van der Waals surface area (Å²) in [5.41, 5.74) is 5.01. The van der Waals surface area contributed by atoms with Gasteiger partial charge in [0.05, 0.1) is 10.5 Å². The number of nitrogens with one attached hydrogen (secondary N) is 2. The lowest BCUT2D eigenvalue weighted by Crippen LogP contribution is -2.40. The van der Waals surface area contributed by atoms with Crippen LogP contribution < -0.4 is 10.9 Å². The largest absolute Gasteiger partial charge is 0.288 e. The van der Waals surface area contributed by atoms with Crippen LogP contribution in [-0.2, 0) is 4.79 Å². The van der Waals surface area contributed by atoms with Crippen LogP contribution in [0.5, 0.6) is 0 Å². The van der Waals surface area contributed by atoms with Crippen LogP contribution in [0, 0.1) is 10.1 Å². The smallest absolute Gasteiger partial charge is 0.268 e. The minimum absolute atomic E-state index is 0.00676. The highest BCUT2D eigenvalue weighted by Crippen LogP contribution is 2.25. The van der Waals surface area contributed by atoms with Crippen molar-refractivity contribution in [2.75, 3.05) is 0 Å². The molecule has 7 nitrogen and oxygen atoms in total. The molecule has 0 aromatic heterocycles. The van der Waals surface area contributed by atoms with Gasteiger partial charge in [0.15, 0.2) is 0 Å². The third-order valence-electron chi connectivity index (χ3n) is 3.01. The van der Waals surface area contributed by atoms with Gasteiger partial charge in [0.1, 0.15) is 5.02 Å². The summed E-state index contributed by atoms with van der Waals surface area (Å²) in [6.07, 6.45) is 2.50. The average molecular weight is 425 g/mol. The first kappa shape index (κ1) is 18.6. The van der Waals surface area contributed by atoms with Crippen LogP contribution in [-0.4, -0.2) is 16.7 Å². The van der Waals surface area contributed by atoms with E-state index in [-0.39, 0.29) is 10.7 Å². The van der Waals surface area contributed by atoms with Crippen molar-refractivity contribution in [2.24, 2.45) is 0 Å². The Morgan fingerprint density at radius 3 is 2.56 bits per heavy atom. The van der Waals surface area contributed by atoms with Crippen LogP contribution >= 0.6 is 27.5 Å². The van der Waals surface area contributed by atoms with E-state index in [0.717, 1.165) is 6.08 Å². The van der Waals surface area contributed by atoms with E-state index < -0.39 is 16.7 Å². The van der Waals surface area contributed by atoms with Gasteiger partial charge in [0.2, 0.25) is 0 Å². The third kappa shape index (κ3) is 5.13. The maximum atomic E-state index is 11.9. The van der Waals surface area contributed by atoms with E-state index in [1.165, 1.54) is 24.3 Å². The van der Waals surface area contributed by atoms with Crippen LogP contribution in [0.25, 0.3) is 6.08 Å². The van der Waals surface area contributed by atoms with Crippen molar-refractivity contribution < 1.29 is 14.5 Å². The maximum Gasteiger partial charge on any atom is 0.288 e. The van der Waals surface area contributed by atoms with Crippen LogP contribution in [0.3, 0.4) is 0 Å². The number of benzene rings is 2. The van der Waals surface area contributed by atoms with E-state index in [4.69, 9.17) is 11.6 Å². The molecule has 2 aromatic carbocycles. The molecule has 0 unspecified atom stereocenters. The molecule has 0 atom stereocenters. The van der Waals surface area contributed by atoms with Gasteiger partial charge in [-0.3, -0.25) is 30.6 Å². The first-order valence-corrected chi connectivity index (χ1v) is 8.02. The monoisotopic (exact) mass is 423 g/mol. The van der Waals surface area contributed by atoms with Gasteiger partial charge in [-0.2, -0.15) is 0 Å². The Bertz CT molecular complexity index is 870. The zero-order valence-corrected chi connectivity index (χ0v) is 14.9. The number of amides is 2. The predicted molar refractivity (Wildman–Crippen MR) is 96.9 cm³/mol. The van der Waals surface area contributed by atoms with E-state index in [0.29, 0.717) is 15.6 Å². The molecule has 0 radical (unpaired) electrons. The van der Waals surface area contributed by atoms with Crippen molar-refractivity contribution in [1.82, 2.24) is 10.9 Å². The first-order valence-electron chi connectivity index (χ1n) is 6.85. The lowest BCUT2D eigenvalue weighted by molar-refractivity contribution is -0.384. The molecule has 0 aliphatic heterocycles. The number of carbonyl (C=O) groups excluding carboxylic acids is 2. The summed E-state index contributed by atoms with van der Waals surface area (Å²) in [5, 5.41) is 10.8. The number of hydrogen-bond donors (Lipinski definition) is 2. The number of hydrazine groups is 1. The zero-order chi connectivity index (χ0) is 18.4. The molecular formula is C16H11BrClN3O4. The normalized spacial score (nSPS) is 10.5. The zero-order valence-electron chi connectivity index (χ0n) is 12.5. The molecule has 2 amide bonds. The molecule has 0 saturated carbocycles. The molecule has 0 fully saturated rings. The van der Waals surface area contributed by atoms with Crippen molar-refractivity contribution >= 4 is 51.1 Å². The van der Waals surface area contributed by atoms with E-state index in [9.17, 15) is 19.7 Å². The molecule has 9 heteroatoms. The number of halogens is 2. The summed E-state index contributed by atoms with van der Waals surface area (Å²) in [5.74, 6) is -1.09. The molecule has 0 spiro atoms. The van der Waals surface area contributed by atoms with Gasteiger partial charge >= 0.3 is 0 Å². The van der Waals surface area contributed by atoms with Crippen molar-refractivity contribution in [3.05, 3.63) is 79.3 Å². The highest BCUT2D eigenvalue weighted by molar-refractivity contribution is 9.10. The van der Waals surface area contributed by atoms with Gasteiger partial charge in [-0.1, -0.05) is 29.8 Å². The second kappa shape index (κ2) is 8.41. The van der Waals surface area contributed by atoms with E-state index in [1.807, 2.05) is 0 Å². The van der Waals surface area contributed by atoms with Crippen LogP contribution in [0.4, 0.5) is 5.69 Å². The lowest BCUT2D eigenvalue weighted by Gasteiger charge is -2.06. The summed E-state index contributed by atoms with van der Waals surface area (Å²) >= 11 is 8.95. The van der Waals surface area contributed by atoms with Gasteiger partial charge < -0.3 is 0 Å². The van der Waals surface area contributed by atoms with E-state index >= 15 is 0 Å². The summed E-state index contributed by atoms with van der Waals surface area (Å²) in [4.78, 5) is 33.9. The van der Waals surface area contributed by atoms with Gasteiger partial charge in [0, 0.05) is 16.6 Å². The Morgan fingerprint density at radius 1 is 1.16 bits per heavy atom. The van der Waals surface area contributed by atoms with Crippen molar-refractivity contribution in [3.8, 4) is 0 Å². The van der Waals surface area contributed by atoms with E-state index in [1.54, 1.807) is 24.3 Å². The highest BCUT2D eigenvalue weighted by atomic mass is 79.9. The number of hydrogen-bond acceptors (Lipinski definition) is 4. The lowest BCUT2D eigenvalue weighted by atomic mass is 10.2. The molecule has 128 valence electrons. The molecule has 0 saturated heterocycles.